The first-order valence-corrected chi connectivity index (χ1v) is 9.32. The molecule has 25 heavy (non-hydrogen) atoms. The molecule has 1 aliphatic rings. The minimum atomic E-state index is 0.0829. The number of nitrogens with zero attached hydrogens (tertiary/aromatic N) is 3. The summed E-state index contributed by atoms with van der Waals surface area (Å²) in [7, 11) is 0. The molecule has 1 aromatic carbocycles. The van der Waals surface area contributed by atoms with E-state index in [1.807, 2.05) is 36.1 Å². The van der Waals surface area contributed by atoms with Gasteiger partial charge >= 0.3 is 0 Å². The highest BCUT2D eigenvalue weighted by Gasteiger charge is 2.27. The second kappa shape index (κ2) is 8.02. The second-order valence-corrected chi connectivity index (χ2v) is 6.95. The van der Waals surface area contributed by atoms with E-state index in [9.17, 15) is 4.79 Å². The molecular formula is C19H25ClN4O. The maximum absolute atomic E-state index is 13.2. The number of hydrogen-bond donors (Lipinski definition) is 1. The van der Waals surface area contributed by atoms with Gasteiger partial charge in [-0.25, -0.2) is 4.68 Å². The normalized spacial score (nSPS) is 15.3. The van der Waals surface area contributed by atoms with Crippen molar-refractivity contribution in [3.8, 4) is 5.69 Å². The molecule has 5 nitrogen and oxygen atoms in total. The van der Waals surface area contributed by atoms with Crippen LogP contribution in [0.4, 0.5) is 0 Å². The highest BCUT2D eigenvalue weighted by molar-refractivity contribution is 6.30. The number of carbonyl (C=O) groups is 1. The van der Waals surface area contributed by atoms with Crippen molar-refractivity contribution in [2.75, 3.05) is 19.6 Å². The lowest BCUT2D eigenvalue weighted by atomic mass is 10.0. The van der Waals surface area contributed by atoms with Gasteiger partial charge in [0.2, 0.25) is 0 Å². The van der Waals surface area contributed by atoms with Crippen molar-refractivity contribution in [2.24, 2.45) is 0 Å². The van der Waals surface area contributed by atoms with Crippen molar-refractivity contribution in [3.63, 3.8) is 0 Å². The first-order chi connectivity index (χ1) is 12.1. The first kappa shape index (κ1) is 18.0. The summed E-state index contributed by atoms with van der Waals surface area (Å²) < 4.78 is 1.78. The third-order valence-electron chi connectivity index (χ3n) is 4.77. The van der Waals surface area contributed by atoms with Crippen LogP contribution >= 0.6 is 11.6 Å². The van der Waals surface area contributed by atoms with E-state index in [-0.39, 0.29) is 5.91 Å². The number of piperidine rings is 1. The number of nitrogens with one attached hydrogen (secondary N) is 1. The molecule has 1 fully saturated rings. The lowest BCUT2D eigenvalue weighted by Gasteiger charge is -2.34. The summed E-state index contributed by atoms with van der Waals surface area (Å²) in [5, 5.41) is 8.45. The predicted molar refractivity (Wildman–Crippen MR) is 101 cm³/mol. The molecule has 3 rings (SSSR count). The van der Waals surface area contributed by atoms with E-state index in [1.165, 1.54) is 0 Å². The topological polar surface area (TPSA) is 50.2 Å². The number of amides is 1. The third-order valence-corrected chi connectivity index (χ3v) is 5.00. The van der Waals surface area contributed by atoms with Gasteiger partial charge in [0.15, 0.2) is 0 Å². The second-order valence-electron chi connectivity index (χ2n) is 6.52. The van der Waals surface area contributed by atoms with Crippen LogP contribution in [-0.4, -0.2) is 46.3 Å². The van der Waals surface area contributed by atoms with E-state index in [0.29, 0.717) is 16.6 Å². The Kier molecular flexibility index (Phi) is 5.76. The maximum Gasteiger partial charge on any atom is 0.257 e. The van der Waals surface area contributed by atoms with E-state index >= 15 is 0 Å². The van der Waals surface area contributed by atoms with Gasteiger partial charge in [-0.1, -0.05) is 24.6 Å². The minimum absolute atomic E-state index is 0.0829. The van der Waals surface area contributed by atoms with E-state index in [4.69, 9.17) is 11.6 Å². The highest BCUT2D eigenvalue weighted by atomic mass is 35.5. The minimum Gasteiger partial charge on any atom is -0.335 e. The molecule has 1 amide bonds. The Morgan fingerprint density at radius 3 is 2.84 bits per heavy atom. The summed E-state index contributed by atoms with van der Waals surface area (Å²) in [6.07, 6.45) is 4.65. The Hall–Kier alpha value is -1.85. The van der Waals surface area contributed by atoms with Crippen LogP contribution < -0.4 is 5.32 Å². The molecule has 2 heterocycles. The molecule has 0 radical (unpaired) electrons. The van der Waals surface area contributed by atoms with E-state index in [0.717, 1.165) is 50.3 Å². The van der Waals surface area contributed by atoms with Gasteiger partial charge in [-0.3, -0.25) is 4.79 Å². The third kappa shape index (κ3) is 3.88. The predicted octanol–water partition coefficient (Wildman–Crippen LogP) is 3.44. The number of halogens is 1. The molecule has 6 heteroatoms. The summed E-state index contributed by atoms with van der Waals surface area (Å²) >= 11 is 6.09. The highest BCUT2D eigenvalue weighted by Crippen LogP contribution is 2.21. The molecule has 0 bridgehead atoms. The molecule has 1 aliphatic heterocycles. The van der Waals surface area contributed by atoms with Gasteiger partial charge in [-0.2, -0.15) is 5.10 Å². The van der Waals surface area contributed by atoms with Crippen molar-refractivity contribution in [2.45, 2.75) is 39.2 Å². The van der Waals surface area contributed by atoms with Crippen LogP contribution in [0.15, 0.2) is 30.5 Å². The van der Waals surface area contributed by atoms with Gasteiger partial charge < -0.3 is 10.2 Å². The van der Waals surface area contributed by atoms with Crippen LogP contribution in [0.2, 0.25) is 5.02 Å². The fraction of sp³-hybridized carbons (Fsp3) is 0.474. The molecule has 1 aromatic heterocycles. The lowest BCUT2D eigenvalue weighted by Crippen LogP contribution is -2.46. The summed E-state index contributed by atoms with van der Waals surface area (Å²) in [5.41, 5.74) is 2.39. The summed E-state index contributed by atoms with van der Waals surface area (Å²) in [6.45, 7) is 6.78. The van der Waals surface area contributed by atoms with Crippen LogP contribution in [0.5, 0.6) is 0 Å². The number of carbonyl (C=O) groups excluding carboxylic acids is 1. The monoisotopic (exact) mass is 360 g/mol. The summed E-state index contributed by atoms with van der Waals surface area (Å²) in [6, 6.07) is 7.82. The van der Waals surface area contributed by atoms with E-state index in [1.54, 1.807) is 10.9 Å². The average Bonchev–Trinajstić information content (AvgIpc) is 3.01. The zero-order valence-corrected chi connectivity index (χ0v) is 15.6. The quantitative estimate of drug-likeness (QED) is 0.888. The van der Waals surface area contributed by atoms with Gasteiger partial charge in [0.25, 0.3) is 5.91 Å². The Balaban J connectivity index is 1.88. The largest absolute Gasteiger partial charge is 0.335 e. The molecular weight excluding hydrogens is 336 g/mol. The van der Waals surface area contributed by atoms with Gasteiger partial charge in [-0.15, -0.1) is 0 Å². The Bertz CT molecular complexity index is 737. The molecule has 1 N–H and O–H groups in total. The number of benzene rings is 1. The summed E-state index contributed by atoms with van der Waals surface area (Å²) in [4.78, 5) is 15.2. The maximum atomic E-state index is 13.2. The van der Waals surface area contributed by atoms with Crippen LogP contribution in [0.25, 0.3) is 5.69 Å². The van der Waals surface area contributed by atoms with Crippen molar-refractivity contribution in [1.82, 2.24) is 20.0 Å². The molecule has 2 aromatic rings. The molecule has 0 spiro atoms. The van der Waals surface area contributed by atoms with Crippen molar-refractivity contribution >= 4 is 17.5 Å². The molecule has 134 valence electrons. The zero-order chi connectivity index (χ0) is 17.8. The number of hydrogen-bond acceptors (Lipinski definition) is 3. The van der Waals surface area contributed by atoms with E-state index in [2.05, 4.69) is 17.3 Å². The Morgan fingerprint density at radius 1 is 1.40 bits per heavy atom. The smallest absolute Gasteiger partial charge is 0.257 e. The SMILES string of the molecule is CCCN(C(=O)c1cnn(-c2cccc(Cl)c2)c1C)C1CCNCC1. The molecule has 1 saturated heterocycles. The average molecular weight is 361 g/mol. The Morgan fingerprint density at radius 2 is 2.16 bits per heavy atom. The number of rotatable bonds is 5. The first-order valence-electron chi connectivity index (χ1n) is 8.94. The fourth-order valence-electron chi connectivity index (χ4n) is 3.45. The van der Waals surface area contributed by atoms with Crippen molar-refractivity contribution in [3.05, 3.63) is 46.7 Å². The molecule has 0 saturated carbocycles. The van der Waals surface area contributed by atoms with Crippen LogP contribution in [0.3, 0.4) is 0 Å². The zero-order valence-electron chi connectivity index (χ0n) is 14.8. The van der Waals surface area contributed by atoms with Crippen LogP contribution in [0, 0.1) is 6.92 Å². The van der Waals surface area contributed by atoms with Gasteiger partial charge in [0.05, 0.1) is 23.1 Å². The van der Waals surface area contributed by atoms with Crippen LogP contribution in [0.1, 0.15) is 42.2 Å². The molecule has 0 aliphatic carbocycles. The fourth-order valence-corrected chi connectivity index (χ4v) is 3.64. The standard InChI is InChI=1S/C19H25ClN4O/c1-3-11-23(16-7-9-21-10-8-16)19(25)18-13-22-24(14(18)2)17-6-4-5-15(20)12-17/h4-6,12-13,16,21H,3,7-11H2,1-2H3. The van der Waals surface area contributed by atoms with Crippen LogP contribution in [-0.2, 0) is 0 Å². The lowest BCUT2D eigenvalue weighted by molar-refractivity contribution is 0.0642. The molecule has 0 atom stereocenters. The summed E-state index contributed by atoms with van der Waals surface area (Å²) in [5.74, 6) is 0.0829. The molecule has 0 unspecified atom stereocenters. The van der Waals surface area contributed by atoms with Crippen molar-refractivity contribution < 1.29 is 4.79 Å². The van der Waals surface area contributed by atoms with Gasteiger partial charge in [0, 0.05) is 17.6 Å². The van der Waals surface area contributed by atoms with E-state index < -0.39 is 0 Å². The Labute approximate surface area is 154 Å². The van der Waals surface area contributed by atoms with Gasteiger partial charge in [0.1, 0.15) is 0 Å². The van der Waals surface area contributed by atoms with Gasteiger partial charge in [-0.05, 0) is 57.5 Å². The number of aromatic nitrogens is 2. The van der Waals surface area contributed by atoms with Crippen molar-refractivity contribution in [1.29, 1.82) is 0 Å².